The number of carboxylic acids is 1. The van der Waals surface area contributed by atoms with Gasteiger partial charge in [0.1, 0.15) is 5.75 Å². The van der Waals surface area contributed by atoms with Crippen LogP contribution in [-0.2, 0) is 11.2 Å². The molecular weight excluding hydrogens is 351 g/mol. The van der Waals surface area contributed by atoms with Gasteiger partial charge in [0.05, 0.1) is 18.0 Å². The lowest BCUT2D eigenvalue weighted by atomic mass is 9.72. The highest BCUT2D eigenvalue weighted by molar-refractivity contribution is 6.47. The number of likely N-dealkylation sites (tertiary alicyclic amines) is 1. The van der Waals surface area contributed by atoms with Crippen molar-refractivity contribution in [1.29, 1.82) is 0 Å². The van der Waals surface area contributed by atoms with Crippen LogP contribution in [0.25, 0.3) is 0 Å². The lowest BCUT2D eigenvalue weighted by Crippen LogP contribution is -2.56. The summed E-state index contributed by atoms with van der Waals surface area (Å²) in [6.07, 6.45) is 1.08. The van der Waals surface area contributed by atoms with E-state index >= 15 is 0 Å². The van der Waals surface area contributed by atoms with E-state index in [0.29, 0.717) is 25.1 Å². The molecule has 146 valence electrons. The molecule has 0 aliphatic carbocycles. The Hall–Kier alpha value is -2.14. The Balaban J connectivity index is 1.60. The van der Waals surface area contributed by atoms with Crippen molar-refractivity contribution in [1.82, 2.24) is 10.2 Å². The predicted molar refractivity (Wildman–Crippen MR) is 99.2 cm³/mol. The number of piperidine rings is 1. The molecular formula is C17H25BN4O5. The summed E-state index contributed by atoms with van der Waals surface area (Å²) in [5.74, 6) is -1.69. The van der Waals surface area contributed by atoms with Crippen LogP contribution >= 0.6 is 0 Å². The van der Waals surface area contributed by atoms with Crippen molar-refractivity contribution in [3.05, 3.63) is 29.3 Å². The number of rotatable bonds is 5. The van der Waals surface area contributed by atoms with Gasteiger partial charge in [-0.3, -0.25) is 9.69 Å². The highest BCUT2D eigenvalue weighted by Crippen LogP contribution is 2.30. The van der Waals surface area contributed by atoms with Crippen LogP contribution in [0.1, 0.15) is 22.3 Å². The van der Waals surface area contributed by atoms with Crippen molar-refractivity contribution in [2.24, 2.45) is 17.4 Å². The maximum absolute atomic E-state index is 12.4. The van der Waals surface area contributed by atoms with Crippen LogP contribution in [0.3, 0.4) is 0 Å². The second kappa shape index (κ2) is 8.26. The molecule has 1 saturated heterocycles. The Morgan fingerprint density at radius 1 is 1.41 bits per heavy atom. The molecule has 3 atom stereocenters. The number of hydrogen-bond donors (Lipinski definition) is 5. The van der Waals surface area contributed by atoms with E-state index in [9.17, 15) is 19.7 Å². The fraction of sp³-hybridized carbons (Fsp3) is 0.529. The van der Waals surface area contributed by atoms with Gasteiger partial charge in [0.2, 0.25) is 5.91 Å². The van der Waals surface area contributed by atoms with Crippen molar-refractivity contribution in [2.75, 3.05) is 26.2 Å². The summed E-state index contributed by atoms with van der Waals surface area (Å²) < 4.78 is 5.39. The van der Waals surface area contributed by atoms with E-state index in [1.807, 2.05) is 4.90 Å². The highest BCUT2D eigenvalue weighted by atomic mass is 16.5. The summed E-state index contributed by atoms with van der Waals surface area (Å²) in [5, 5.41) is 22.2. The Bertz CT molecular complexity index is 719. The topological polar surface area (TPSA) is 151 Å². The van der Waals surface area contributed by atoms with E-state index in [4.69, 9.17) is 16.1 Å². The van der Waals surface area contributed by atoms with Crippen LogP contribution in [0.15, 0.2) is 18.2 Å². The summed E-state index contributed by atoms with van der Waals surface area (Å²) in [5.41, 5.74) is 12.4. The first-order chi connectivity index (χ1) is 12.9. The van der Waals surface area contributed by atoms with Crippen molar-refractivity contribution < 1.29 is 24.4 Å². The second-order valence-electron chi connectivity index (χ2n) is 7.17. The molecule has 0 aromatic heterocycles. The van der Waals surface area contributed by atoms with Crippen molar-refractivity contribution >= 4 is 19.0 Å². The number of fused-ring (bicyclic) bond motifs is 1. The maximum atomic E-state index is 12.4. The molecule has 0 saturated carbocycles. The average molecular weight is 376 g/mol. The number of nitrogens with one attached hydrogen (secondary N) is 1. The SMILES string of the molecule is NCC1CN(CC(=O)N[C@H]2Cc3cccc(C(=O)O)c3OB2O)CCC1N. The smallest absolute Gasteiger partial charge is 0.534 e. The average Bonchev–Trinajstić information content (AvgIpc) is 2.63. The molecule has 1 aromatic rings. The van der Waals surface area contributed by atoms with Crippen molar-refractivity contribution in [3.8, 4) is 5.75 Å². The number of carbonyl (C=O) groups is 2. The number of aromatic carboxylic acids is 1. The Labute approximate surface area is 157 Å². The minimum Gasteiger partial charge on any atom is -0.534 e. The number of amides is 1. The van der Waals surface area contributed by atoms with Crippen LogP contribution in [0, 0.1) is 5.92 Å². The molecule has 2 unspecified atom stereocenters. The van der Waals surface area contributed by atoms with Gasteiger partial charge in [0.15, 0.2) is 0 Å². The molecule has 0 spiro atoms. The van der Waals surface area contributed by atoms with E-state index in [2.05, 4.69) is 5.32 Å². The minimum absolute atomic E-state index is 0.00573. The standard InChI is InChI=1S/C17H25BN4O5/c19-7-11-8-22(5-4-13(11)20)9-15(23)21-14-6-10-2-1-3-12(17(24)25)16(10)27-18(14)26/h1-3,11,13-14,26H,4-9,19-20H2,(H,21,23)(H,24,25)/t11?,13?,14-/m0/s1. The molecule has 1 amide bonds. The Kier molecular flexibility index (Phi) is 6.00. The monoisotopic (exact) mass is 376 g/mol. The lowest BCUT2D eigenvalue weighted by molar-refractivity contribution is -0.123. The third-order valence-electron chi connectivity index (χ3n) is 5.24. The number of hydrogen-bond acceptors (Lipinski definition) is 7. The summed E-state index contributed by atoms with van der Waals surface area (Å²) >= 11 is 0. The zero-order chi connectivity index (χ0) is 19.6. The Morgan fingerprint density at radius 3 is 2.89 bits per heavy atom. The normalized spacial score (nSPS) is 25.4. The first-order valence-electron chi connectivity index (χ1n) is 9.06. The molecule has 7 N–H and O–H groups in total. The van der Waals surface area contributed by atoms with Crippen LogP contribution in [0.2, 0.25) is 0 Å². The van der Waals surface area contributed by atoms with Gasteiger partial charge in [-0.1, -0.05) is 12.1 Å². The lowest BCUT2D eigenvalue weighted by Gasteiger charge is -2.36. The second-order valence-corrected chi connectivity index (χ2v) is 7.17. The summed E-state index contributed by atoms with van der Waals surface area (Å²) in [6.45, 7) is 2.06. The number of benzene rings is 1. The number of carboxylic acid groups (broad SMARTS) is 1. The van der Waals surface area contributed by atoms with Crippen molar-refractivity contribution in [3.63, 3.8) is 0 Å². The maximum Gasteiger partial charge on any atom is 0.547 e. The first kappa shape index (κ1) is 19.6. The van der Waals surface area contributed by atoms with Crippen molar-refractivity contribution in [2.45, 2.75) is 24.8 Å². The van der Waals surface area contributed by atoms with Crippen LogP contribution in [0.4, 0.5) is 0 Å². The third kappa shape index (κ3) is 4.41. The molecule has 1 fully saturated rings. The number of carbonyl (C=O) groups excluding carboxylic acids is 1. The molecule has 10 heteroatoms. The Morgan fingerprint density at radius 2 is 2.19 bits per heavy atom. The van der Waals surface area contributed by atoms with Crippen LogP contribution < -0.4 is 21.4 Å². The highest BCUT2D eigenvalue weighted by Gasteiger charge is 2.38. The summed E-state index contributed by atoms with van der Waals surface area (Å²) in [4.78, 5) is 25.7. The molecule has 2 aliphatic rings. The number of nitrogens with two attached hydrogens (primary N) is 2. The number of para-hydroxylation sites is 1. The van der Waals surface area contributed by atoms with Gasteiger partial charge in [-0.2, -0.15) is 0 Å². The molecule has 2 heterocycles. The molecule has 0 radical (unpaired) electrons. The fourth-order valence-corrected chi connectivity index (χ4v) is 3.69. The quantitative estimate of drug-likeness (QED) is 0.387. The third-order valence-corrected chi connectivity index (χ3v) is 5.24. The molecule has 0 bridgehead atoms. The number of nitrogens with zero attached hydrogens (tertiary/aromatic N) is 1. The van der Waals surface area contributed by atoms with E-state index in [1.54, 1.807) is 12.1 Å². The zero-order valence-electron chi connectivity index (χ0n) is 15.0. The van der Waals surface area contributed by atoms with E-state index in [-0.39, 0.29) is 35.7 Å². The van der Waals surface area contributed by atoms with Gasteiger partial charge in [-0.15, -0.1) is 0 Å². The predicted octanol–water partition coefficient (Wildman–Crippen LogP) is -1.57. The van der Waals surface area contributed by atoms with Crippen LogP contribution in [-0.4, -0.2) is 72.2 Å². The van der Waals surface area contributed by atoms with Gasteiger partial charge in [-0.25, -0.2) is 4.79 Å². The van der Waals surface area contributed by atoms with E-state index < -0.39 is 19.0 Å². The molecule has 27 heavy (non-hydrogen) atoms. The van der Waals surface area contributed by atoms with Gasteiger partial charge in [-0.05, 0) is 36.9 Å². The first-order valence-corrected chi connectivity index (χ1v) is 9.06. The largest absolute Gasteiger partial charge is 0.547 e. The summed E-state index contributed by atoms with van der Waals surface area (Å²) in [7, 11) is -1.31. The van der Waals surface area contributed by atoms with Gasteiger partial charge >= 0.3 is 13.1 Å². The van der Waals surface area contributed by atoms with Gasteiger partial charge in [0, 0.05) is 19.1 Å². The molecule has 2 aliphatic heterocycles. The minimum atomic E-state index is -1.31. The molecule has 3 rings (SSSR count). The zero-order valence-corrected chi connectivity index (χ0v) is 15.0. The fourth-order valence-electron chi connectivity index (χ4n) is 3.69. The van der Waals surface area contributed by atoms with E-state index in [0.717, 1.165) is 13.0 Å². The van der Waals surface area contributed by atoms with Crippen LogP contribution in [0.5, 0.6) is 5.75 Å². The molecule has 9 nitrogen and oxygen atoms in total. The van der Waals surface area contributed by atoms with Gasteiger partial charge < -0.3 is 31.6 Å². The van der Waals surface area contributed by atoms with E-state index in [1.165, 1.54) is 6.07 Å². The van der Waals surface area contributed by atoms with Gasteiger partial charge in [0.25, 0.3) is 0 Å². The summed E-state index contributed by atoms with van der Waals surface area (Å²) in [6, 6.07) is 4.82. The molecule has 1 aromatic carbocycles.